The first kappa shape index (κ1) is 28.7. The van der Waals surface area contributed by atoms with E-state index in [-0.39, 0.29) is 11.9 Å². The van der Waals surface area contributed by atoms with E-state index >= 15 is 0 Å². The Labute approximate surface area is 228 Å². The van der Waals surface area contributed by atoms with Crippen LogP contribution in [0.5, 0.6) is 5.75 Å². The number of carbonyl (C=O) groups excluding carboxylic acids is 1. The molecule has 0 aromatic heterocycles. The van der Waals surface area contributed by atoms with Gasteiger partial charge in [-0.1, -0.05) is 90.2 Å². The molecule has 0 unspecified atom stereocenters. The summed E-state index contributed by atoms with van der Waals surface area (Å²) in [5, 5.41) is 0. The van der Waals surface area contributed by atoms with E-state index in [4.69, 9.17) is 4.74 Å². The highest BCUT2D eigenvalue weighted by molar-refractivity contribution is 5.75. The van der Waals surface area contributed by atoms with Crippen LogP contribution in [0.15, 0.2) is 24.3 Å². The summed E-state index contributed by atoms with van der Waals surface area (Å²) >= 11 is 0. The number of hydrogen-bond donors (Lipinski definition) is 0. The van der Waals surface area contributed by atoms with Gasteiger partial charge in [0.2, 0.25) is 0 Å². The van der Waals surface area contributed by atoms with E-state index in [1.54, 1.807) is 0 Å². The van der Waals surface area contributed by atoms with Crippen LogP contribution in [0.4, 0.5) is 0 Å². The Kier molecular flexibility index (Phi) is 11.9. The fourth-order valence-electron chi connectivity index (χ4n) is 7.93. The highest BCUT2D eigenvalue weighted by Crippen LogP contribution is 2.43. The minimum Gasteiger partial charge on any atom is -0.426 e. The second-order valence-electron chi connectivity index (χ2n) is 13.1. The van der Waals surface area contributed by atoms with E-state index < -0.39 is 0 Å². The lowest BCUT2D eigenvalue weighted by molar-refractivity contribution is -0.140. The topological polar surface area (TPSA) is 26.3 Å². The Balaban J connectivity index is 1.14. The summed E-state index contributed by atoms with van der Waals surface area (Å²) in [6, 6.07) is 8.54. The Hall–Kier alpha value is -1.31. The largest absolute Gasteiger partial charge is 0.426 e. The van der Waals surface area contributed by atoms with Crippen molar-refractivity contribution >= 4 is 5.97 Å². The fourth-order valence-corrected chi connectivity index (χ4v) is 7.93. The van der Waals surface area contributed by atoms with Gasteiger partial charge in [-0.15, -0.1) is 0 Å². The lowest BCUT2D eigenvalue weighted by Crippen LogP contribution is -2.30. The molecular weight excluding hydrogens is 452 g/mol. The van der Waals surface area contributed by atoms with Gasteiger partial charge in [0.25, 0.3) is 0 Å². The summed E-state index contributed by atoms with van der Waals surface area (Å²) < 4.78 is 5.87. The zero-order chi connectivity index (χ0) is 25.9. The Morgan fingerprint density at radius 2 is 1.14 bits per heavy atom. The predicted molar refractivity (Wildman–Crippen MR) is 156 cm³/mol. The molecule has 3 aliphatic rings. The van der Waals surface area contributed by atoms with E-state index in [2.05, 4.69) is 26.0 Å². The third kappa shape index (κ3) is 8.86. The third-order valence-corrected chi connectivity index (χ3v) is 10.5. The molecule has 0 aliphatic heterocycles. The Morgan fingerprint density at radius 1 is 0.649 bits per heavy atom. The molecule has 2 heteroatoms. The molecule has 1 aromatic carbocycles. The molecule has 2 nitrogen and oxygen atoms in total. The maximum Gasteiger partial charge on any atom is 0.314 e. The lowest BCUT2D eigenvalue weighted by Gasteiger charge is -2.37. The first-order chi connectivity index (χ1) is 18.2. The molecule has 0 amide bonds. The van der Waals surface area contributed by atoms with E-state index in [1.807, 2.05) is 12.1 Å². The van der Waals surface area contributed by atoms with Gasteiger partial charge in [0.1, 0.15) is 5.75 Å². The van der Waals surface area contributed by atoms with Gasteiger partial charge >= 0.3 is 5.97 Å². The van der Waals surface area contributed by atoms with Gasteiger partial charge in [0.15, 0.2) is 0 Å². The van der Waals surface area contributed by atoms with Gasteiger partial charge in [-0.25, -0.2) is 0 Å². The van der Waals surface area contributed by atoms with Gasteiger partial charge in [-0.3, -0.25) is 4.79 Å². The molecule has 0 saturated heterocycles. The van der Waals surface area contributed by atoms with Gasteiger partial charge in [0.05, 0.1) is 5.92 Å². The normalized spacial score (nSPS) is 30.6. The first-order valence-corrected chi connectivity index (χ1v) is 16.5. The van der Waals surface area contributed by atoms with Crippen molar-refractivity contribution in [1.82, 2.24) is 0 Å². The number of unbranched alkanes of at least 4 members (excludes halogenated alkanes) is 4. The minimum atomic E-state index is 0.0124. The monoisotopic (exact) mass is 508 g/mol. The van der Waals surface area contributed by atoms with Crippen molar-refractivity contribution in [1.29, 1.82) is 0 Å². The molecule has 1 aromatic rings. The molecule has 3 fully saturated rings. The van der Waals surface area contributed by atoms with E-state index in [0.717, 1.165) is 42.3 Å². The number of carbonyl (C=O) groups is 1. The van der Waals surface area contributed by atoms with Gasteiger partial charge in [0, 0.05) is 0 Å². The fraction of sp³-hybridized carbons (Fsp3) is 0.800. The molecular formula is C35H56O2. The minimum absolute atomic E-state index is 0.0124. The molecule has 0 bridgehead atoms. The summed E-state index contributed by atoms with van der Waals surface area (Å²) in [6.45, 7) is 4.60. The van der Waals surface area contributed by atoms with E-state index in [1.165, 1.54) is 121 Å². The second kappa shape index (κ2) is 15.3. The van der Waals surface area contributed by atoms with Crippen LogP contribution in [0.25, 0.3) is 0 Å². The van der Waals surface area contributed by atoms with Crippen molar-refractivity contribution in [3.8, 4) is 5.75 Å². The molecule has 37 heavy (non-hydrogen) atoms. The molecule has 0 N–H and O–H groups in total. The van der Waals surface area contributed by atoms with Crippen LogP contribution in [-0.2, 0) is 4.79 Å². The average molecular weight is 509 g/mol. The molecule has 0 atom stereocenters. The summed E-state index contributed by atoms with van der Waals surface area (Å²) in [6.07, 6.45) is 26.9. The number of esters is 1. The lowest BCUT2D eigenvalue weighted by atomic mass is 9.68. The summed E-state index contributed by atoms with van der Waals surface area (Å²) in [4.78, 5) is 12.9. The summed E-state index contributed by atoms with van der Waals surface area (Å²) in [5.41, 5.74) is 1.44. The smallest absolute Gasteiger partial charge is 0.314 e. The van der Waals surface area contributed by atoms with Crippen LogP contribution < -0.4 is 4.74 Å². The van der Waals surface area contributed by atoms with Crippen LogP contribution >= 0.6 is 0 Å². The average Bonchev–Trinajstić information content (AvgIpc) is 2.95. The highest BCUT2D eigenvalue weighted by Gasteiger charge is 2.33. The second-order valence-corrected chi connectivity index (χ2v) is 13.1. The van der Waals surface area contributed by atoms with Crippen molar-refractivity contribution in [3.63, 3.8) is 0 Å². The van der Waals surface area contributed by atoms with Crippen LogP contribution in [0.3, 0.4) is 0 Å². The van der Waals surface area contributed by atoms with Crippen LogP contribution in [0, 0.1) is 29.6 Å². The Bertz CT molecular complexity index is 759. The third-order valence-electron chi connectivity index (χ3n) is 10.5. The van der Waals surface area contributed by atoms with E-state index in [9.17, 15) is 4.79 Å². The Morgan fingerprint density at radius 3 is 1.65 bits per heavy atom. The van der Waals surface area contributed by atoms with Crippen molar-refractivity contribution in [2.24, 2.45) is 29.6 Å². The molecule has 0 radical (unpaired) electrons. The molecule has 208 valence electrons. The quantitative estimate of drug-likeness (QED) is 0.159. The summed E-state index contributed by atoms with van der Waals surface area (Å²) in [7, 11) is 0. The maximum absolute atomic E-state index is 12.9. The van der Waals surface area contributed by atoms with Crippen LogP contribution in [0.2, 0.25) is 0 Å². The van der Waals surface area contributed by atoms with Crippen molar-refractivity contribution in [2.45, 2.75) is 148 Å². The predicted octanol–water partition coefficient (Wildman–Crippen LogP) is 10.6. The molecule has 0 heterocycles. The zero-order valence-corrected chi connectivity index (χ0v) is 24.2. The first-order valence-electron chi connectivity index (χ1n) is 16.5. The van der Waals surface area contributed by atoms with Gasteiger partial charge < -0.3 is 4.74 Å². The highest BCUT2D eigenvalue weighted by atomic mass is 16.5. The van der Waals surface area contributed by atoms with Gasteiger partial charge in [-0.05, 0) is 111 Å². The number of rotatable bonds is 12. The zero-order valence-electron chi connectivity index (χ0n) is 24.2. The van der Waals surface area contributed by atoms with Crippen LogP contribution in [0.1, 0.15) is 154 Å². The molecule has 3 saturated carbocycles. The summed E-state index contributed by atoms with van der Waals surface area (Å²) in [5.74, 6) is 5.25. The van der Waals surface area contributed by atoms with Crippen molar-refractivity contribution < 1.29 is 9.53 Å². The number of hydrogen-bond acceptors (Lipinski definition) is 2. The van der Waals surface area contributed by atoms with Crippen molar-refractivity contribution in [3.05, 3.63) is 29.8 Å². The van der Waals surface area contributed by atoms with Gasteiger partial charge in [-0.2, -0.15) is 0 Å². The molecule has 3 aliphatic carbocycles. The van der Waals surface area contributed by atoms with Crippen LogP contribution in [-0.4, -0.2) is 5.97 Å². The SMILES string of the molecule is CCCCC[C@H]1CC[C@H](c2ccc(OC(=O)[C@H]3CC[C@H]([C@H]4CC[C@H](CCCCC)CC4)CC3)cc2)CC1. The standard InChI is InChI=1S/C35H56O2/c1-3-5-7-9-27-11-15-29(16-12-27)31-19-21-33(22-20-31)35(36)37-34-25-23-32(24-26-34)30-17-13-28(14-18-30)10-8-6-4-2/h23-31,33H,3-22H2,1-2H3/t27-,28-,29-,30-,31-,33-. The maximum atomic E-state index is 12.9. The molecule has 0 spiro atoms. The number of benzene rings is 1. The van der Waals surface area contributed by atoms with E-state index in [0.29, 0.717) is 5.92 Å². The number of ether oxygens (including phenoxy) is 1. The molecule has 4 rings (SSSR count). The van der Waals surface area contributed by atoms with Crippen molar-refractivity contribution in [2.75, 3.05) is 0 Å².